The lowest BCUT2D eigenvalue weighted by Crippen LogP contribution is -2.34. The summed E-state index contributed by atoms with van der Waals surface area (Å²) in [5.74, 6) is 6.69. The molecule has 5 nitrogen and oxygen atoms in total. The third-order valence-corrected chi connectivity index (χ3v) is 2.87. The van der Waals surface area contributed by atoms with E-state index in [1.54, 1.807) is 0 Å². The molecule has 0 saturated heterocycles. The van der Waals surface area contributed by atoms with Gasteiger partial charge in [-0.25, -0.2) is 10.8 Å². The van der Waals surface area contributed by atoms with Crippen molar-refractivity contribution in [3.8, 4) is 0 Å². The van der Waals surface area contributed by atoms with E-state index in [1.165, 1.54) is 5.56 Å². The molecule has 0 unspecified atom stereocenters. The largest absolute Gasteiger partial charge is 0.308 e. The summed E-state index contributed by atoms with van der Waals surface area (Å²) >= 11 is 0. The fraction of sp³-hybridized carbons (Fsp3) is 0.643. The van der Waals surface area contributed by atoms with Crippen molar-refractivity contribution in [1.82, 2.24) is 14.8 Å². The molecule has 108 valence electrons. The van der Waals surface area contributed by atoms with Gasteiger partial charge in [-0.3, -0.25) is 4.90 Å². The second-order valence-electron chi connectivity index (χ2n) is 5.63. The van der Waals surface area contributed by atoms with E-state index < -0.39 is 0 Å². The van der Waals surface area contributed by atoms with Crippen LogP contribution >= 0.6 is 0 Å². The minimum Gasteiger partial charge on any atom is -0.308 e. The minimum absolute atomic E-state index is 0.667. The van der Waals surface area contributed by atoms with Gasteiger partial charge in [0.25, 0.3) is 0 Å². The molecule has 0 aromatic carbocycles. The fourth-order valence-corrected chi connectivity index (χ4v) is 1.95. The van der Waals surface area contributed by atoms with Crippen LogP contribution in [0.2, 0.25) is 0 Å². The number of pyridine rings is 1. The van der Waals surface area contributed by atoms with Gasteiger partial charge in [-0.1, -0.05) is 19.9 Å². The van der Waals surface area contributed by atoms with E-state index in [4.69, 9.17) is 5.84 Å². The smallest absolute Gasteiger partial charge is 0.139 e. The Bertz CT molecular complexity index is 347. The van der Waals surface area contributed by atoms with Gasteiger partial charge in [-0.15, -0.1) is 0 Å². The first-order chi connectivity index (χ1) is 9.01. The Morgan fingerprint density at radius 2 is 2.00 bits per heavy atom. The molecule has 0 amide bonds. The SMILES string of the molecule is CC(C)CN(CCN(C)C)Cc1ccc(NN)nc1. The highest BCUT2D eigenvalue weighted by molar-refractivity contribution is 5.33. The molecule has 19 heavy (non-hydrogen) atoms. The number of rotatable bonds is 8. The van der Waals surface area contributed by atoms with Gasteiger partial charge in [0.2, 0.25) is 0 Å². The van der Waals surface area contributed by atoms with E-state index in [-0.39, 0.29) is 0 Å². The van der Waals surface area contributed by atoms with Crippen molar-refractivity contribution in [1.29, 1.82) is 0 Å². The number of anilines is 1. The molecule has 0 saturated carbocycles. The molecule has 0 spiro atoms. The molecular formula is C14H27N5. The molecule has 0 aliphatic heterocycles. The highest BCUT2D eigenvalue weighted by atomic mass is 15.2. The summed E-state index contributed by atoms with van der Waals surface area (Å²) in [5, 5.41) is 0. The quantitative estimate of drug-likeness (QED) is 0.549. The molecular weight excluding hydrogens is 238 g/mol. The van der Waals surface area contributed by atoms with E-state index in [2.05, 4.69) is 54.2 Å². The van der Waals surface area contributed by atoms with Crippen LogP contribution in [-0.2, 0) is 6.54 Å². The van der Waals surface area contributed by atoms with Crippen LogP contribution in [0.3, 0.4) is 0 Å². The van der Waals surface area contributed by atoms with Crippen molar-refractivity contribution in [2.75, 3.05) is 39.2 Å². The number of hydrogen-bond donors (Lipinski definition) is 2. The molecule has 1 rings (SSSR count). The highest BCUT2D eigenvalue weighted by Gasteiger charge is 2.09. The van der Waals surface area contributed by atoms with Crippen molar-refractivity contribution < 1.29 is 0 Å². The Kier molecular flexibility index (Phi) is 6.77. The molecule has 1 heterocycles. The Morgan fingerprint density at radius 3 is 2.47 bits per heavy atom. The second-order valence-corrected chi connectivity index (χ2v) is 5.63. The zero-order valence-corrected chi connectivity index (χ0v) is 12.6. The first-order valence-electron chi connectivity index (χ1n) is 6.80. The topological polar surface area (TPSA) is 57.4 Å². The van der Waals surface area contributed by atoms with Gasteiger partial charge in [0, 0.05) is 32.4 Å². The average Bonchev–Trinajstić information content (AvgIpc) is 2.36. The number of nitrogens with two attached hydrogens (primary N) is 1. The first kappa shape index (κ1) is 15.9. The Labute approximate surface area is 116 Å². The van der Waals surface area contributed by atoms with Crippen LogP contribution in [-0.4, -0.2) is 48.5 Å². The van der Waals surface area contributed by atoms with Gasteiger partial charge < -0.3 is 10.3 Å². The lowest BCUT2D eigenvalue weighted by atomic mass is 10.2. The number of nitrogens with one attached hydrogen (secondary N) is 1. The van der Waals surface area contributed by atoms with Crippen molar-refractivity contribution in [3.05, 3.63) is 23.9 Å². The summed E-state index contributed by atoms with van der Waals surface area (Å²) in [6.07, 6.45) is 1.89. The van der Waals surface area contributed by atoms with Crippen LogP contribution in [0.15, 0.2) is 18.3 Å². The predicted molar refractivity (Wildman–Crippen MR) is 80.7 cm³/mol. The van der Waals surface area contributed by atoms with Crippen molar-refractivity contribution in [2.24, 2.45) is 11.8 Å². The van der Waals surface area contributed by atoms with Gasteiger partial charge in [-0.05, 0) is 31.6 Å². The molecule has 1 aromatic rings. The number of hydrazine groups is 1. The van der Waals surface area contributed by atoms with Gasteiger partial charge in [0.1, 0.15) is 5.82 Å². The Balaban J connectivity index is 2.58. The lowest BCUT2D eigenvalue weighted by molar-refractivity contribution is 0.211. The van der Waals surface area contributed by atoms with Crippen LogP contribution in [0, 0.1) is 5.92 Å². The van der Waals surface area contributed by atoms with E-state index in [9.17, 15) is 0 Å². The van der Waals surface area contributed by atoms with Crippen LogP contribution < -0.4 is 11.3 Å². The predicted octanol–water partition coefficient (Wildman–Crippen LogP) is 1.39. The molecule has 0 atom stereocenters. The van der Waals surface area contributed by atoms with Crippen molar-refractivity contribution in [2.45, 2.75) is 20.4 Å². The number of likely N-dealkylation sites (N-methyl/N-ethyl adjacent to an activating group) is 1. The summed E-state index contributed by atoms with van der Waals surface area (Å²) in [4.78, 5) is 8.94. The van der Waals surface area contributed by atoms with Crippen LogP contribution in [0.4, 0.5) is 5.82 Å². The van der Waals surface area contributed by atoms with Gasteiger partial charge >= 0.3 is 0 Å². The maximum absolute atomic E-state index is 5.32. The summed E-state index contributed by atoms with van der Waals surface area (Å²) in [6.45, 7) is 8.68. The third kappa shape index (κ3) is 6.52. The zero-order chi connectivity index (χ0) is 14.3. The average molecular weight is 265 g/mol. The van der Waals surface area contributed by atoms with E-state index in [0.717, 1.165) is 26.2 Å². The van der Waals surface area contributed by atoms with Crippen LogP contribution in [0.25, 0.3) is 0 Å². The van der Waals surface area contributed by atoms with E-state index >= 15 is 0 Å². The molecule has 1 aromatic heterocycles. The van der Waals surface area contributed by atoms with Gasteiger partial charge in [-0.2, -0.15) is 0 Å². The van der Waals surface area contributed by atoms with Gasteiger partial charge in [0.05, 0.1) is 0 Å². The normalized spacial score (nSPS) is 11.6. The third-order valence-electron chi connectivity index (χ3n) is 2.87. The summed E-state index contributed by atoms with van der Waals surface area (Å²) < 4.78 is 0. The van der Waals surface area contributed by atoms with Crippen molar-refractivity contribution in [3.63, 3.8) is 0 Å². The Hall–Kier alpha value is -1.17. The number of nitrogen functional groups attached to an aromatic ring is 1. The van der Waals surface area contributed by atoms with Crippen LogP contribution in [0.1, 0.15) is 19.4 Å². The van der Waals surface area contributed by atoms with E-state index in [1.807, 2.05) is 12.3 Å². The van der Waals surface area contributed by atoms with Crippen molar-refractivity contribution >= 4 is 5.82 Å². The molecule has 3 N–H and O–H groups in total. The molecule has 0 aliphatic carbocycles. The summed E-state index contributed by atoms with van der Waals surface area (Å²) in [5.41, 5.74) is 3.77. The maximum Gasteiger partial charge on any atom is 0.139 e. The number of aromatic nitrogens is 1. The van der Waals surface area contributed by atoms with E-state index in [0.29, 0.717) is 11.7 Å². The van der Waals surface area contributed by atoms with Crippen LogP contribution in [0.5, 0.6) is 0 Å². The fourth-order valence-electron chi connectivity index (χ4n) is 1.95. The maximum atomic E-state index is 5.32. The number of hydrogen-bond acceptors (Lipinski definition) is 5. The highest BCUT2D eigenvalue weighted by Crippen LogP contribution is 2.09. The molecule has 5 heteroatoms. The summed E-state index contributed by atoms with van der Waals surface area (Å²) in [6, 6.07) is 3.99. The number of nitrogens with zero attached hydrogens (tertiary/aromatic N) is 3. The van der Waals surface area contributed by atoms with Gasteiger partial charge in [0.15, 0.2) is 0 Å². The molecule has 0 bridgehead atoms. The summed E-state index contributed by atoms with van der Waals surface area (Å²) in [7, 11) is 4.22. The minimum atomic E-state index is 0.667. The second kappa shape index (κ2) is 8.09. The standard InChI is InChI=1S/C14H27N5/c1-12(2)10-19(8-7-18(3)4)11-13-5-6-14(17-15)16-9-13/h5-6,9,12H,7-8,10-11,15H2,1-4H3,(H,16,17). The molecule has 0 aliphatic rings. The Morgan fingerprint density at radius 1 is 1.26 bits per heavy atom. The monoisotopic (exact) mass is 265 g/mol. The molecule has 0 fully saturated rings. The lowest BCUT2D eigenvalue weighted by Gasteiger charge is -2.25. The zero-order valence-electron chi connectivity index (χ0n) is 12.6. The molecule has 0 radical (unpaired) electrons. The first-order valence-corrected chi connectivity index (χ1v) is 6.80.